The molecule has 3 rings (SSSR count). The molecule has 14 heteroatoms. The van der Waals surface area contributed by atoms with Gasteiger partial charge in [-0.05, 0) is 17.7 Å². The Hall–Kier alpha value is -2.68. The van der Waals surface area contributed by atoms with Crippen LogP contribution in [-0.4, -0.2) is 59.4 Å². The highest BCUT2D eigenvalue weighted by molar-refractivity contribution is 7.91. The van der Waals surface area contributed by atoms with Gasteiger partial charge >= 0.3 is 0 Å². The first-order valence-corrected chi connectivity index (χ1v) is 13.1. The summed E-state index contributed by atoms with van der Waals surface area (Å²) in [6.45, 7) is 0.860. The summed E-state index contributed by atoms with van der Waals surface area (Å²) in [7, 11) is -3.30. The Kier molecular flexibility index (Phi) is 8.44. The van der Waals surface area contributed by atoms with Gasteiger partial charge in [0.15, 0.2) is 9.84 Å². The van der Waals surface area contributed by atoms with E-state index in [9.17, 15) is 13.2 Å². The largest absolute Gasteiger partial charge is 0.492 e. The number of rotatable bonds is 12. The molecule has 3 aromatic rings. The van der Waals surface area contributed by atoms with E-state index in [2.05, 4.69) is 25.7 Å². The molecule has 0 aliphatic heterocycles. The fourth-order valence-corrected chi connectivity index (χ4v) is 5.43. The van der Waals surface area contributed by atoms with Gasteiger partial charge in [0.1, 0.15) is 22.4 Å². The van der Waals surface area contributed by atoms with Gasteiger partial charge in [-0.3, -0.25) is 4.79 Å². The molecule has 1 amide bonds. The van der Waals surface area contributed by atoms with Gasteiger partial charge in [-0.15, -0.1) is 20.4 Å². The standard InChI is InChI=1S/C18H23N7O4S3/c19-7-8-29-13-3-1-12(2-4-13)11-14(26)21-18-25-23-16(31-18)6-10-32(27,28)9-5-15-22-24-17(20)30-15/h1-4H,5-11,19H2,(H2,20,24)(H,21,25,26). The van der Waals surface area contributed by atoms with E-state index in [0.29, 0.717) is 39.2 Å². The molecule has 0 bridgehead atoms. The number of carbonyl (C=O) groups is 1. The predicted molar refractivity (Wildman–Crippen MR) is 124 cm³/mol. The molecule has 172 valence electrons. The molecule has 1 aromatic carbocycles. The van der Waals surface area contributed by atoms with Gasteiger partial charge in [0.05, 0.1) is 17.9 Å². The topological polar surface area (TPSA) is 176 Å². The number of hydrogen-bond acceptors (Lipinski definition) is 12. The molecule has 0 saturated heterocycles. The Labute approximate surface area is 193 Å². The van der Waals surface area contributed by atoms with Gasteiger partial charge < -0.3 is 21.5 Å². The van der Waals surface area contributed by atoms with Crippen molar-refractivity contribution in [3.63, 3.8) is 0 Å². The van der Waals surface area contributed by atoms with Crippen LogP contribution < -0.4 is 21.5 Å². The van der Waals surface area contributed by atoms with Gasteiger partial charge in [0.2, 0.25) is 16.2 Å². The number of nitrogens with zero attached hydrogens (tertiary/aromatic N) is 4. The number of carbonyl (C=O) groups excluding carboxylic acids is 1. The van der Waals surface area contributed by atoms with Crippen molar-refractivity contribution in [2.75, 3.05) is 35.7 Å². The molecule has 2 heterocycles. The van der Waals surface area contributed by atoms with Crippen LogP contribution in [0.1, 0.15) is 15.6 Å². The number of benzene rings is 1. The Morgan fingerprint density at radius 1 is 1.00 bits per heavy atom. The highest BCUT2D eigenvalue weighted by atomic mass is 32.2. The van der Waals surface area contributed by atoms with Crippen molar-refractivity contribution < 1.29 is 17.9 Å². The Morgan fingerprint density at radius 3 is 2.28 bits per heavy atom. The van der Waals surface area contributed by atoms with Crippen LogP contribution in [0.2, 0.25) is 0 Å². The van der Waals surface area contributed by atoms with E-state index in [1.807, 2.05) is 0 Å². The SMILES string of the molecule is NCCOc1ccc(CC(=O)Nc2nnc(CCS(=O)(=O)CCc3nnc(N)s3)s2)cc1. The highest BCUT2D eigenvalue weighted by Gasteiger charge is 2.16. The quantitative estimate of drug-likeness (QED) is 0.323. The first-order valence-electron chi connectivity index (χ1n) is 9.65. The van der Waals surface area contributed by atoms with Gasteiger partial charge in [-0.1, -0.05) is 34.8 Å². The number of aromatic nitrogens is 4. The molecule has 5 N–H and O–H groups in total. The van der Waals surface area contributed by atoms with E-state index < -0.39 is 9.84 Å². The van der Waals surface area contributed by atoms with E-state index in [1.54, 1.807) is 24.3 Å². The smallest absolute Gasteiger partial charge is 0.230 e. The van der Waals surface area contributed by atoms with Gasteiger partial charge in [-0.2, -0.15) is 0 Å². The molecule has 2 aromatic heterocycles. The first kappa shape index (κ1) is 24.0. The number of amides is 1. The summed E-state index contributed by atoms with van der Waals surface area (Å²) in [6, 6.07) is 7.17. The van der Waals surface area contributed by atoms with Crippen LogP contribution in [0.25, 0.3) is 0 Å². The second-order valence-corrected chi connectivity index (χ2v) is 11.2. The molecular formula is C18H23N7O4S3. The fraction of sp³-hybridized carbons (Fsp3) is 0.389. The number of nitrogens with two attached hydrogens (primary N) is 2. The number of sulfone groups is 1. The molecule has 0 unspecified atom stereocenters. The number of anilines is 2. The molecule has 0 fully saturated rings. The Bertz CT molecular complexity index is 1130. The van der Waals surface area contributed by atoms with Gasteiger partial charge in [-0.25, -0.2) is 8.42 Å². The molecule has 0 spiro atoms. The van der Waals surface area contributed by atoms with Crippen LogP contribution in [0.4, 0.5) is 10.3 Å². The van der Waals surface area contributed by atoms with Crippen LogP contribution in [0.3, 0.4) is 0 Å². The summed E-state index contributed by atoms with van der Waals surface area (Å²) in [4.78, 5) is 12.3. The van der Waals surface area contributed by atoms with Crippen molar-refractivity contribution in [1.29, 1.82) is 0 Å². The molecule has 0 radical (unpaired) electrons. The van der Waals surface area contributed by atoms with Crippen molar-refractivity contribution in [1.82, 2.24) is 20.4 Å². The zero-order valence-electron chi connectivity index (χ0n) is 17.1. The number of ether oxygens (including phenoxy) is 1. The molecule has 11 nitrogen and oxygen atoms in total. The third-order valence-electron chi connectivity index (χ3n) is 4.12. The molecule has 0 atom stereocenters. The maximum Gasteiger partial charge on any atom is 0.230 e. The molecule has 0 saturated carbocycles. The minimum atomic E-state index is -3.30. The van der Waals surface area contributed by atoms with Gasteiger partial charge in [0, 0.05) is 19.4 Å². The molecule has 0 aliphatic rings. The highest BCUT2D eigenvalue weighted by Crippen LogP contribution is 2.18. The maximum absolute atomic E-state index is 12.3. The summed E-state index contributed by atoms with van der Waals surface area (Å²) in [5.74, 6) is 0.339. The van der Waals surface area contributed by atoms with Gasteiger partial charge in [0.25, 0.3) is 0 Å². The van der Waals surface area contributed by atoms with Crippen molar-refractivity contribution in [3.05, 3.63) is 39.8 Å². The molecule has 0 aliphatic carbocycles. The third-order valence-corrected chi connectivity index (χ3v) is 7.49. The summed E-state index contributed by atoms with van der Waals surface area (Å²) in [5, 5.41) is 19.8. The normalized spacial score (nSPS) is 11.4. The van der Waals surface area contributed by atoms with Crippen LogP contribution in [0.5, 0.6) is 5.75 Å². The zero-order chi connectivity index (χ0) is 23.0. The Balaban J connectivity index is 1.44. The zero-order valence-corrected chi connectivity index (χ0v) is 19.5. The first-order chi connectivity index (χ1) is 15.3. The van der Waals surface area contributed by atoms with E-state index >= 15 is 0 Å². The van der Waals surface area contributed by atoms with Crippen molar-refractivity contribution in [2.45, 2.75) is 19.3 Å². The van der Waals surface area contributed by atoms with Crippen LogP contribution in [0.15, 0.2) is 24.3 Å². The fourth-order valence-electron chi connectivity index (χ4n) is 2.59. The van der Waals surface area contributed by atoms with Crippen molar-refractivity contribution >= 4 is 48.7 Å². The average molecular weight is 498 g/mol. The van der Waals surface area contributed by atoms with E-state index in [1.165, 1.54) is 11.3 Å². The second-order valence-electron chi connectivity index (χ2n) is 6.69. The van der Waals surface area contributed by atoms with E-state index in [4.69, 9.17) is 16.2 Å². The second kappa shape index (κ2) is 11.3. The summed E-state index contributed by atoms with van der Waals surface area (Å²) < 4.78 is 29.9. The lowest BCUT2D eigenvalue weighted by molar-refractivity contribution is -0.115. The number of hydrogen-bond donors (Lipinski definition) is 3. The lowest BCUT2D eigenvalue weighted by Gasteiger charge is -2.06. The minimum absolute atomic E-state index is 0.0416. The average Bonchev–Trinajstić information content (AvgIpc) is 3.39. The minimum Gasteiger partial charge on any atom is -0.492 e. The van der Waals surface area contributed by atoms with Crippen molar-refractivity contribution in [2.24, 2.45) is 5.73 Å². The lowest BCUT2D eigenvalue weighted by atomic mass is 10.1. The predicted octanol–water partition coefficient (Wildman–Crippen LogP) is 0.691. The van der Waals surface area contributed by atoms with Crippen LogP contribution in [0, 0.1) is 0 Å². The summed E-state index contributed by atoms with van der Waals surface area (Å²) in [5.41, 5.74) is 11.7. The van der Waals surface area contributed by atoms with E-state index in [0.717, 1.165) is 16.9 Å². The van der Waals surface area contributed by atoms with Crippen molar-refractivity contribution in [3.8, 4) is 5.75 Å². The number of nitrogens with one attached hydrogen (secondary N) is 1. The monoisotopic (exact) mass is 497 g/mol. The summed E-state index contributed by atoms with van der Waals surface area (Å²) in [6.07, 6.45) is 0.656. The number of nitrogen functional groups attached to an aromatic ring is 1. The summed E-state index contributed by atoms with van der Waals surface area (Å²) >= 11 is 2.33. The maximum atomic E-state index is 12.3. The molecular weight excluding hydrogens is 474 g/mol. The number of aryl methyl sites for hydroxylation is 2. The Morgan fingerprint density at radius 2 is 1.66 bits per heavy atom. The van der Waals surface area contributed by atoms with Crippen LogP contribution >= 0.6 is 22.7 Å². The van der Waals surface area contributed by atoms with Crippen LogP contribution in [-0.2, 0) is 33.9 Å². The van der Waals surface area contributed by atoms with E-state index in [-0.39, 0.29) is 36.7 Å². The lowest BCUT2D eigenvalue weighted by Crippen LogP contribution is -2.14. The molecule has 32 heavy (non-hydrogen) atoms. The third kappa shape index (κ3) is 7.78.